The van der Waals surface area contributed by atoms with Crippen LogP contribution >= 0.6 is 0 Å². The van der Waals surface area contributed by atoms with E-state index in [0.29, 0.717) is 0 Å². The van der Waals surface area contributed by atoms with Gasteiger partial charge in [-0.25, -0.2) is 0 Å². The first-order valence-corrected chi connectivity index (χ1v) is 6.26. The third-order valence-electron chi connectivity index (χ3n) is 3.45. The molecule has 0 fully saturated rings. The monoisotopic (exact) mass is 249 g/mol. The molecule has 0 saturated carbocycles. The van der Waals surface area contributed by atoms with Crippen molar-refractivity contribution in [2.75, 3.05) is 7.05 Å². The molecule has 0 spiro atoms. The fourth-order valence-electron chi connectivity index (χ4n) is 2.51. The Balaban J connectivity index is 2.50. The topological polar surface area (TPSA) is 25.5 Å². The van der Waals surface area contributed by atoms with E-state index in [9.17, 15) is 0 Å². The molecule has 1 heterocycles. The standard InChI is InChI=1S/C17H15NO/c1-4-14(18-3)16-11(2)9-10-13-12-7-5-6-8-15(12)19-17(13)16/h4-10H,1H2,2-3H3/b18-14-. The van der Waals surface area contributed by atoms with Crippen molar-refractivity contribution in [1.82, 2.24) is 0 Å². The van der Waals surface area contributed by atoms with E-state index < -0.39 is 0 Å². The first-order valence-electron chi connectivity index (χ1n) is 6.26. The van der Waals surface area contributed by atoms with Crippen LogP contribution in [0.3, 0.4) is 0 Å². The molecule has 0 saturated heterocycles. The number of nitrogens with zero attached hydrogens (tertiary/aromatic N) is 1. The molecule has 0 radical (unpaired) electrons. The Kier molecular flexibility index (Phi) is 2.71. The maximum Gasteiger partial charge on any atom is 0.145 e. The van der Waals surface area contributed by atoms with E-state index in [1.807, 2.05) is 18.2 Å². The average molecular weight is 249 g/mol. The zero-order valence-corrected chi connectivity index (χ0v) is 11.1. The van der Waals surface area contributed by atoms with Crippen molar-refractivity contribution in [2.24, 2.45) is 4.99 Å². The predicted molar refractivity (Wildman–Crippen MR) is 81.1 cm³/mol. The summed E-state index contributed by atoms with van der Waals surface area (Å²) in [6.07, 6.45) is 1.77. The molecule has 0 unspecified atom stereocenters. The number of fused-ring (bicyclic) bond motifs is 3. The zero-order chi connectivity index (χ0) is 13.4. The second-order valence-electron chi connectivity index (χ2n) is 4.55. The summed E-state index contributed by atoms with van der Waals surface area (Å²) in [5.41, 5.74) is 4.84. The Hall–Kier alpha value is -2.35. The zero-order valence-electron chi connectivity index (χ0n) is 11.1. The maximum absolute atomic E-state index is 6.02. The molecule has 0 amide bonds. The maximum atomic E-state index is 6.02. The summed E-state index contributed by atoms with van der Waals surface area (Å²) >= 11 is 0. The highest BCUT2D eigenvalue weighted by atomic mass is 16.3. The third kappa shape index (κ3) is 1.68. The van der Waals surface area contributed by atoms with Crippen LogP contribution in [-0.2, 0) is 0 Å². The molecule has 3 aromatic rings. The number of aryl methyl sites for hydroxylation is 1. The molecule has 0 aliphatic rings. The first kappa shape index (κ1) is 11.7. The van der Waals surface area contributed by atoms with Crippen LogP contribution in [0.25, 0.3) is 21.9 Å². The molecule has 94 valence electrons. The van der Waals surface area contributed by atoms with Crippen molar-refractivity contribution < 1.29 is 4.42 Å². The minimum atomic E-state index is 0.863. The molecular weight excluding hydrogens is 234 g/mol. The summed E-state index contributed by atoms with van der Waals surface area (Å²) in [5.74, 6) is 0. The van der Waals surface area contributed by atoms with Gasteiger partial charge in [0.05, 0.1) is 5.71 Å². The molecule has 0 atom stereocenters. The first-order chi connectivity index (χ1) is 9.26. The van der Waals surface area contributed by atoms with Gasteiger partial charge in [0.2, 0.25) is 0 Å². The van der Waals surface area contributed by atoms with Gasteiger partial charge in [-0.05, 0) is 24.6 Å². The second kappa shape index (κ2) is 4.39. The lowest BCUT2D eigenvalue weighted by Crippen LogP contribution is -1.99. The van der Waals surface area contributed by atoms with Gasteiger partial charge in [0.1, 0.15) is 11.2 Å². The van der Waals surface area contributed by atoms with Gasteiger partial charge >= 0.3 is 0 Å². The number of allylic oxidation sites excluding steroid dienone is 1. The minimum Gasteiger partial charge on any atom is -0.455 e. The lowest BCUT2D eigenvalue weighted by molar-refractivity contribution is 0.667. The Morgan fingerprint density at radius 2 is 1.95 bits per heavy atom. The van der Waals surface area contributed by atoms with Crippen LogP contribution in [-0.4, -0.2) is 12.8 Å². The number of benzene rings is 2. The summed E-state index contributed by atoms with van der Waals surface area (Å²) in [5, 5.41) is 2.26. The van der Waals surface area contributed by atoms with Gasteiger partial charge in [-0.1, -0.05) is 36.9 Å². The van der Waals surface area contributed by atoms with E-state index >= 15 is 0 Å². The van der Waals surface area contributed by atoms with Crippen LogP contribution < -0.4 is 0 Å². The summed E-state index contributed by atoms with van der Waals surface area (Å²) in [7, 11) is 1.78. The highest BCUT2D eigenvalue weighted by Gasteiger charge is 2.14. The fraction of sp³-hybridized carbons (Fsp3) is 0.118. The average Bonchev–Trinajstić information content (AvgIpc) is 2.81. The molecular formula is C17H15NO. The number of furan rings is 1. The van der Waals surface area contributed by atoms with Crippen molar-refractivity contribution in [3.63, 3.8) is 0 Å². The summed E-state index contributed by atoms with van der Waals surface area (Å²) in [4.78, 5) is 4.30. The van der Waals surface area contributed by atoms with Gasteiger partial charge in [0, 0.05) is 23.4 Å². The Bertz CT molecular complexity index is 809. The Labute approximate surface area is 112 Å². The number of para-hydroxylation sites is 1. The number of hydrogen-bond donors (Lipinski definition) is 0. The molecule has 19 heavy (non-hydrogen) atoms. The SMILES string of the molecule is C=C/C(=N/C)c1c(C)ccc2c1oc1ccccc12. The van der Waals surface area contributed by atoms with Crippen LogP contribution in [0.15, 0.2) is 58.5 Å². The van der Waals surface area contributed by atoms with E-state index in [2.05, 4.69) is 36.7 Å². The smallest absolute Gasteiger partial charge is 0.145 e. The van der Waals surface area contributed by atoms with Crippen molar-refractivity contribution in [2.45, 2.75) is 6.92 Å². The van der Waals surface area contributed by atoms with Crippen molar-refractivity contribution in [3.8, 4) is 0 Å². The van der Waals surface area contributed by atoms with Gasteiger partial charge in [-0.3, -0.25) is 4.99 Å². The molecule has 0 aliphatic heterocycles. The van der Waals surface area contributed by atoms with E-state index in [0.717, 1.165) is 38.8 Å². The quantitative estimate of drug-likeness (QED) is 0.614. The van der Waals surface area contributed by atoms with Crippen molar-refractivity contribution in [1.29, 1.82) is 0 Å². The molecule has 0 bridgehead atoms. The van der Waals surface area contributed by atoms with Crippen LogP contribution in [0.1, 0.15) is 11.1 Å². The number of aliphatic imine (C=N–C) groups is 1. The predicted octanol–water partition coefficient (Wildman–Crippen LogP) is 4.50. The van der Waals surface area contributed by atoms with Crippen LogP contribution in [0.4, 0.5) is 0 Å². The van der Waals surface area contributed by atoms with Gasteiger partial charge < -0.3 is 4.42 Å². The Morgan fingerprint density at radius 3 is 2.68 bits per heavy atom. The van der Waals surface area contributed by atoms with Gasteiger partial charge in [-0.15, -0.1) is 0 Å². The molecule has 0 N–H and O–H groups in total. The van der Waals surface area contributed by atoms with Gasteiger partial charge in [0.25, 0.3) is 0 Å². The summed E-state index contributed by atoms with van der Waals surface area (Å²) in [6.45, 7) is 5.90. The number of rotatable bonds is 2. The highest BCUT2D eigenvalue weighted by Crippen LogP contribution is 2.32. The van der Waals surface area contributed by atoms with Crippen LogP contribution in [0.5, 0.6) is 0 Å². The lowest BCUT2D eigenvalue weighted by atomic mass is 10.00. The molecule has 3 rings (SSSR count). The largest absolute Gasteiger partial charge is 0.455 e. The van der Waals surface area contributed by atoms with Crippen molar-refractivity contribution >= 4 is 27.7 Å². The van der Waals surface area contributed by atoms with Crippen molar-refractivity contribution in [3.05, 3.63) is 60.2 Å². The minimum absolute atomic E-state index is 0.863. The fourth-order valence-corrected chi connectivity index (χ4v) is 2.51. The molecule has 1 aromatic heterocycles. The molecule has 2 heteroatoms. The van der Waals surface area contributed by atoms with E-state index in [1.165, 1.54) is 0 Å². The third-order valence-corrected chi connectivity index (χ3v) is 3.45. The molecule has 0 aliphatic carbocycles. The summed E-state index contributed by atoms with van der Waals surface area (Å²) in [6, 6.07) is 12.3. The van der Waals surface area contributed by atoms with Gasteiger partial charge in [-0.2, -0.15) is 0 Å². The van der Waals surface area contributed by atoms with Crippen LogP contribution in [0, 0.1) is 6.92 Å². The molecule has 2 nitrogen and oxygen atoms in total. The number of hydrogen-bond acceptors (Lipinski definition) is 2. The lowest BCUT2D eigenvalue weighted by Gasteiger charge is -2.05. The normalized spacial score (nSPS) is 12.2. The highest BCUT2D eigenvalue weighted by molar-refractivity contribution is 6.19. The van der Waals surface area contributed by atoms with E-state index in [4.69, 9.17) is 4.42 Å². The van der Waals surface area contributed by atoms with E-state index in [1.54, 1.807) is 13.1 Å². The second-order valence-corrected chi connectivity index (χ2v) is 4.55. The Morgan fingerprint density at radius 1 is 1.16 bits per heavy atom. The summed E-state index contributed by atoms with van der Waals surface area (Å²) < 4.78 is 6.02. The van der Waals surface area contributed by atoms with Crippen LogP contribution in [0.2, 0.25) is 0 Å². The van der Waals surface area contributed by atoms with E-state index in [-0.39, 0.29) is 0 Å². The molecule has 2 aromatic carbocycles. The van der Waals surface area contributed by atoms with Gasteiger partial charge in [0.15, 0.2) is 0 Å².